The molecule has 12 heavy (non-hydrogen) atoms. The summed E-state index contributed by atoms with van der Waals surface area (Å²) in [6.07, 6.45) is 1.10. The number of halogens is 1. The lowest BCUT2D eigenvalue weighted by Gasteiger charge is -2.26. The number of aliphatic hydroxyl groups is 1. The topological polar surface area (TPSA) is 82.7 Å². The zero-order chi connectivity index (χ0) is 9.45. The van der Waals surface area contributed by atoms with Crippen molar-refractivity contribution in [2.75, 3.05) is 19.0 Å². The first-order valence-corrected chi connectivity index (χ1v) is 4.31. The fourth-order valence-corrected chi connectivity index (χ4v) is 0.847. The minimum Gasteiger partial charge on any atom is -0.395 e. The van der Waals surface area contributed by atoms with Crippen LogP contribution in [0, 0.1) is 0 Å². The van der Waals surface area contributed by atoms with E-state index in [1.807, 2.05) is 0 Å². The van der Waals surface area contributed by atoms with Gasteiger partial charge in [-0.3, -0.25) is 10.7 Å². The van der Waals surface area contributed by atoms with Gasteiger partial charge in [0.25, 0.3) is 0 Å². The molecule has 0 aliphatic rings. The van der Waals surface area contributed by atoms with E-state index in [-0.39, 0.29) is 12.5 Å². The minimum atomic E-state index is -0.833. The summed E-state index contributed by atoms with van der Waals surface area (Å²) < 4.78 is 0. The van der Waals surface area contributed by atoms with Gasteiger partial charge in [-0.25, -0.2) is 0 Å². The molecule has 0 radical (unpaired) electrons. The molecule has 0 saturated heterocycles. The van der Waals surface area contributed by atoms with Crippen molar-refractivity contribution in [2.45, 2.75) is 4.99 Å². The number of nitrogens with one attached hydrogen (secondary N) is 2. The number of rotatable bonds is 6. The molecule has 1 atom stereocenters. The van der Waals surface area contributed by atoms with Crippen LogP contribution in [0.2, 0.25) is 0 Å². The Morgan fingerprint density at radius 2 is 2.42 bits per heavy atom. The maximum absolute atomic E-state index is 8.52. The molecule has 0 aliphatic heterocycles. The van der Waals surface area contributed by atoms with Gasteiger partial charge >= 0.3 is 0 Å². The summed E-state index contributed by atoms with van der Waals surface area (Å²) >= 11 is 9.73. The van der Waals surface area contributed by atoms with E-state index in [1.165, 1.54) is 0 Å². The molecule has 0 spiro atoms. The first-order chi connectivity index (χ1) is 5.68. The largest absolute Gasteiger partial charge is 0.395 e. The van der Waals surface area contributed by atoms with Crippen LogP contribution in [-0.4, -0.2) is 35.5 Å². The fraction of sp³-hybridized carbons (Fsp3) is 0.800. The molecule has 0 saturated carbocycles. The highest BCUT2D eigenvalue weighted by atomic mass is 35.5. The molecule has 72 valence electrons. The van der Waals surface area contributed by atoms with Gasteiger partial charge in [-0.15, -0.1) is 24.2 Å². The van der Waals surface area contributed by atoms with Crippen molar-refractivity contribution in [3.63, 3.8) is 0 Å². The lowest BCUT2D eigenvalue weighted by molar-refractivity contribution is 0.275. The number of aliphatic hydroxyl groups excluding tert-OH is 1. The van der Waals surface area contributed by atoms with Crippen LogP contribution in [0.4, 0.5) is 0 Å². The van der Waals surface area contributed by atoms with Gasteiger partial charge in [0.05, 0.1) is 12.5 Å². The number of nitrogens with two attached hydrogens (primary N) is 1. The SMILES string of the molecule is N/C=N\NC(S)(CCl)NCCO. The predicted molar refractivity (Wildman–Crippen MR) is 53.3 cm³/mol. The van der Waals surface area contributed by atoms with E-state index in [0.717, 1.165) is 6.34 Å². The summed E-state index contributed by atoms with van der Waals surface area (Å²) in [7, 11) is 0. The van der Waals surface area contributed by atoms with Gasteiger partial charge in [-0.1, -0.05) is 0 Å². The van der Waals surface area contributed by atoms with Gasteiger partial charge in [0.1, 0.15) is 6.34 Å². The average Bonchev–Trinajstić information content (AvgIpc) is 2.11. The van der Waals surface area contributed by atoms with Crippen molar-refractivity contribution in [1.29, 1.82) is 0 Å². The molecule has 0 aromatic carbocycles. The molecule has 5 N–H and O–H groups in total. The molecule has 0 bridgehead atoms. The maximum Gasteiger partial charge on any atom is 0.163 e. The van der Waals surface area contributed by atoms with Crippen LogP contribution in [0.25, 0.3) is 0 Å². The van der Waals surface area contributed by atoms with E-state index in [0.29, 0.717) is 6.54 Å². The van der Waals surface area contributed by atoms with Crippen LogP contribution in [-0.2, 0) is 0 Å². The zero-order valence-corrected chi connectivity index (χ0v) is 8.15. The summed E-state index contributed by atoms with van der Waals surface area (Å²) in [5, 5.41) is 14.9. The van der Waals surface area contributed by atoms with Gasteiger partial charge in [0.15, 0.2) is 4.99 Å². The number of hydrogen-bond donors (Lipinski definition) is 5. The molecule has 0 amide bonds. The molecule has 0 aliphatic carbocycles. The van der Waals surface area contributed by atoms with Gasteiger partial charge in [0.2, 0.25) is 0 Å². The van der Waals surface area contributed by atoms with Gasteiger partial charge in [-0.05, 0) is 0 Å². The molecule has 7 heteroatoms. The third-order valence-electron chi connectivity index (χ3n) is 1.05. The highest BCUT2D eigenvalue weighted by molar-refractivity contribution is 7.81. The smallest absolute Gasteiger partial charge is 0.163 e. The highest BCUT2D eigenvalue weighted by Crippen LogP contribution is 2.07. The summed E-state index contributed by atoms with van der Waals surface area (Å²) in [6, 6.07) is 0. The van der Waals surface area contributed by atoms with Gasteiger partial charge in [-0.2, -0.15) is 5.10 Å². The van der Waals surface area contributed by atoms with Crippen LogP contribution in [0.15, 0.2) is 5.10 Å². The fourth-order valence-electron chi connectivity index (χ4n) is 0.523. The monoisotopic (exact) mass is 212 g/mol. The third-order valence-corrected chi connectivity index (χ3v) is 2.05. The van der Waals surface area contributed by atoms with Crippen LogP contribution in [0.5, 0.6) is 0 Å². The quantitative estimate of drug-likeness (QED) is 0.0965. The first kappa shape index (κ1) is 11.8. The second-order valence-electron chi connectivity index (χ2n) is 2.03. The number of alkyl halides is 1. The molecule has 5 nitrogen and oxygen atoms in total. The maximum atomic E-state index is 8.52. The zero-order valence-electron chi connectivity index (χ0n) is 6.50. The Bertz CT molecular complexity index is 147. The molecule has 0 aromatic rings. The van der Waals surface area contributed by atoms with Crippen molar-refractivity contribution in [1.82, 2.24) is 10.7 Å². The van der Waals surface area contributed by atoms with Crippen molar-refractivity contribution < 1.29 is 5.11 Å². The Balaban J connectivity index is 3.86. The second-order valence-corrected chi connectivity index (χ2v) is 3.06. The van der Waals surface area contributed by atoms with Crippen molar-refractivity contribution in [3.05, 3.63) is 0 Å². The van der Waals surface area contributed by atoms with E-state index in [9.17, 15) is 0 Å². The summed E-state index contributed by atoms with van der Waals surface area (Å²) in [5.41, 5.74) is 7.60. The van der Waals surface area contributed by atoms with Crippen LogP contribution < -0.4 is 16.5 Å². The minimum absolute atomic E-state index is 0.00716. The van der Waals surface area contributed by atoms with Gasteiger partial charge in [0, 0.05) is 6.54 Å². The Labute approximate surface area is 81.8 Å². The summed E-state index contributed by atoms with van der Waals surface area (Å²) in [5.74, 6) is 0.188. The van der Waals surface area contributed by atoms with E-state index in [1.54, 1.807) is 0 Å². The van der Waals surface area contributed by atoms with E-state index in [4.69, 9.17) is 22.4 Å². The Morgan fingerprint density at radius 1 is 1.75 bits per heavy atom. The second kappa shape index (κ2) is 6.36. The molecule has 1 unspecified atom stereocenters. The summed E-state index contributed by atoms with van der Waals surface area (Å²) in [4.78, 5) is -0.833. The van der Waals surface area contributed by atoms with E-state index < -0.39 is 4.99 Å². The standard InChI is InChI=1S/C5H13ClN4OS/c6-3-5(12,8-1-2-11)10-9-4-7/h4,8,10-12H,1-3H2,(H2,7,9). The lowest BCUT2D eigenvalue weighted by atomic mass is 10.5. The molecule has 0 heterocycles. The Morgan fingerprint density at radius 3 is 2.83 bits per heavy atom. The Hall–Kier alpha value is -0.170. The number of thiol groups is 1. The Kier molecular flexibility index (Phi) is 6.27. The number of nitrogens with zero attached hydrogens (tertiary/aromatic N) is 1. The molecular formula is C5H13ClN4OS. The van der Waals surface area contributed by atoms with E-state index >= 15 is 0 Å². The van der Waals surface area contributed by atoms with E-state index in [2.05, 4.69) is 28.5 Å². The predicted octanol–water partition coefficient (Wildman–Crippen LogP) is -1.12. The highest BCUT2D eigenvalue weighted by Gasteiger charge is 2.21. The number of hydrogen-bond acceptors (Lipinski definition) is 5. The van der Waals surface area contributed by atoms with Crippen LogP contribution in [0.3, 0.4) is 0 Å². The number of hydrazone groups is 1. The van der Waals surface area contributed by atoms with Crippen molar-refractivity contribution in [2.24, 2.45) is 10.8 Å². The summed E-state index contributed by atoms with van der Waals surface area (Å²) in [6.45, 7) is 0.385. The lowest BCUT2D eigenvalue weighted by Crippen LogP contribution is -2.53. The normalized spacial score (nSPS) is 16.2. The van der Waals surface area contributed by atoms with Gasteiger partial charge < -0.3 is 10.8 Å². The van der Waals surface area contributed by atoms with Crippen LogP contribution in [0.1, 0.15) is 0 Å². The first-order valence-electron chi connectivity index (χ1n) is 3.33. The third kappa shape index (κ3) is 4.66. The van der Waals surface area contributed by atoms with Crippen molar-refractivity contribution in [3.8, 4) is 0 Å². The molecular weight excluding hydrogens is 200 g/mol. The molecule has 0 fully saturated rings. The van der Waals surface area contributed by atoms with Crippen molar-refractivity contribution >= 4 is 30.6 Å². The average molecular weight is 213 g/mol. The van der Waals surface area contributed by atoms with Crippen LogP contribution >= 0.6 is 24.2 Å². The molecule has 0 rings (SSSR count). The molecule has 0 aromatic heterocycles.